The summed E-state index contributed by atoms with van der Waals surface area (Å²) in [6, 6.07) is 10.8. The lowest BCUT2D eigenvalue weighted by molar-refractivity contribution is 0.102. The summed E-state index contributed by atoms with van der Waals surface area (Å²) >= 11 is 0. The fraction of sp³-hybridized carbons (Fsp3) is 0.364. The molecule has 2 heterocycles. The molecule has 0 unspecified atom stereocenters. The first-order chi connectivity index (χ1) is 14.1. The van der Waals surface area contributed by atoms with E-state index in [4.69, 9.17) is 15.1 Å². The minimum Gasteiger partial charge on any atom is -0.494 e. The van der Waals surface area contributed by atoms with Crippen LogP contribution in [-0.4, -0.2) is 27.8 Å². The van der Waals surface area contributed by atoms with Gasteiger partial charge < -0.3 is 10.1 Å². The van der Waals surface area contributed by atoms with Gasteiger partial charge in [0.1, 0.15) is 23.2 Å². The molecule has 1 fully saturated rings. The molecule has 4 rings (SSSR count). The van der Waals surface area contributed by atoms with Crippen molar-refractivity contribution < 1.29 is 9.53 Å². The summed E-state index contributed by atoms with van der Waals surface area (Å²) in [6.45, 7) is 2.30. The van der Waals surface area contributed by atoms with Crippen LogP contribution in [0.4, 0.5) is 5.69 Å². The van der Waals surface area contributed by atoms with Crippen LogP contribution in [0.25, 0.3) is 10.9 Å². The largest absolute Gasteiger partial charge is 0.494 e. The molecule has 1 aliphatic rings. The highest BCUT2D eigenvalue weighted by molar-refractivity contribution is 6.05. The van der Waals surface area contributed by atoms with E-state index in [2.05, 4.69) is 21.9 Å². The van der Waals surface area contributed by atoms with Crippen LogP contribution in [0.5, 0.6) is 5.75 Å². The highest BCUT2D eigenvalue weighted by Gasteiger charge is 2.21. The number of nitrogens with zero attached hydrogens (tertiary/aromatic N) is 4. The fourth-order valence-corrected chi connectivity index (χ4v) is 3.84. The number of nitrogens with one attached hydrogen (secondary N) is 1. The summed E-state index contributed by atoms with van der Waals surface area (Å²) in [6.07, 6.45) is 6.76. The topological polar surface area (TPSA) is 92.8 Å². The van der Waals surface area contributed by atoms with Crippen molar-refractivity contribution in [2.75, 3.05) is 12.4 Å². The number of benzene rings is 1. The number of pyridine rings is 1. The quantitative estimate of drug-likeness (QED) is 0.717. The van der Waals surface area contributed by atoms with Crippen molar-refractivity contribution in [2.24, 2.45) is 5.92 Å². The second kappa shape index (κ2) is 7.92. The summed E-state index contributed by atoms with van der Waals surface area (Å²) in [7, 11) is 1.56. The molecule has 0 spiro atoms. The first-order valence-corrected chi connectivity index (χ1v) is 9.83. The molecule has 7 heteroatoms. The molecule has 0 saturated heterocycles. The molecule has 3 aromatic rings. The number of ether oxygens (including phenoxy) is 1. The van der Waals surface area contributed by atoms with E-state index >= 15 is 0 Å². The van der Waals surface area contributed by atoms with Crippen molar-refractivity contribution in [3.8, 4) is 11.8 Å². The highest BCUT2D eigenvalue weighted by Crippen LogP contribution is 2.34. The van der Waals surface area contributed by atoms with E-state index in [1.165, 1.54) is 12.8 Å². The average Bonchev–Trinajstić information content (AvgIpc) is 3.16. The van der Waals surface area contributed by atoms with E-state index in [-0.39, 0.29) is 11.4 Å². The zero-order valence-corrected chi connectivity index (χ0v) is 16.6. The summed E-state index contributed by atoms with van der Waals surface area (Å²) < 4.78 is 7.52. The number of anilines is 1. The normalized spacial score (nSPS) is 18.9. The average molecular weight is 389 g/mol. The van der Waals surface area contributed by atoms with Crippen molar-refractivity contribution in [2.45, 2.75) is 38.6 Å². The molecule has 0 radical (unpaired) electrons. The van der Waals surface area contributed by atoms with Gasteiger partial charge in [0.05, 0.1) is 24.4 Å². The smallest absolute Gasteiger partial charge is 0.274 e. The number of hydrogen-bond acceptors (Lipinski definition) is 5. The van der Waals surface area contributed by atoms with E-state index in [1.807, 2.05) is 24.4 Å². The number of carbonyl (C=O) groups excluding carboxylic acids is 1. The van der Waals surface area contributed by atoms with Crippen LogP contribution in [0.1, 0.15) is 54.8 Å². The van der Waals surface area contributed by atoms with Gasteiger partial charge in [0.15, 0.2) is 0 Å². The van der Waals surface area contributed by atoms with Gasteiger partial charge in [-0.3, -0.25) is 9.48 Å². The lowest BCUT2D eigenvalue weighted by Crippen LogP contribution is -2.16. The highest BCUT2D eigenvalue weighted by atomic mass is 16.5. The summed E-state index contributed by atoms with van der Waals surface area (Å²) in [5, 5.41) is 17.5. The Bertz CT molecular complexity index is 1090. The van der Waals surface area contributed by atoms with Gasteiger partial charge in [-0.2, -0.15) is 10.4 Å². The molecule has 1 N–H and O–H groups in total. The molecule has 1 aliphatic carbocycles. The van der Waals surface area contributed by atoms with Gasteiger partial charge >= 0.3 is 0 Å². The molecular weight excluding hydrogens is 366 g/mol. The number of hydrogen-bond donors (Lipinski definition) is 1. The number of nitriles is 1. The Hall–Kier alpha value is -3.40. The Morgan fingerprint density at radius 1 is 1.28 bits per heavy atom. The van der Waals surface area contributed by atoms with Crippen LogP contribution in [-0.2, 0) is 0 Å². The summed E-state index contributed by atoms with van der Waals surface area (Å²) in [4.78, 5) is 16.7. The van der Waals surface area contributed by atoms with E-state index in [0.29, 0.717) is 17.5 Å². The first-order valence-electron chi connectivity index (χ1n) is 9.83. The third kappa shape index (κ3) is 3.92. The number of methoxy groups -OCH3 is 1. The van der Waals surface area contributed by atoms with E-state index < -0.39 is 5.91 Å². The third-order valence-electron chi connectivity index (χ3n) is 5.55. The van der Waals surface area contributed by atoms with Gasteiger partial charge in [-0.1, -0.05) is 13.0 Å². The van der Waals surface area contributed by atoms with Crippen molar-refractivity contribution in [1.29, 1.82) is 5.26 Å². The number of aromatic nitrogens is 3. The Labute approximate surface area is 169 Å². The van der Waals surface area contributed by atoms with E-state index in [0.717, 1.165) is 29.7 Å². The molecule has 29 heavy (non-hydrogen) atoms. The number of rotatable bonds is 4. The zero-order valence-electron chi connectivity index (χ0n) is 16.6. The second-order valence-electron chi connectivity index (χ2n) is 7.61. The monoisotopic (exact) mass is 389 g/mol. The van der Waals surface area contributed by atoms with Crippen LogP contribution in [0, 0.1) is 17.2 Å². The van der Waals surface area contributed by atoms with Crippen molar-refractivity contribution in [3.05, 3.63) is 47.9 Å². The Morgan fingerprint density at radius 3 is 2.79 bits per heavy atom. The van der Waals surface area contributed by atoms with Crippen molar-refractivity contribution >= 4 is 22.5 Å². The molecule has 1 aromatic carbocycles. The van der Waals surface area contributed by atoms with Crippen LogP contribution in [0.2, 0.25) is 0 Å². The predicted octanol–water partition coefficient (Wildman–Crippen LogP) is 4.32. The third-order valence-corrected chi connectivity index (χ3v) is 5.55. The maximum absolute atomic E-state index is 12.6. The minimum absolute atomic E-state index is 0.179. The molecule has 0 aliphatic heterocycles. The standard InChI is InChI=1S/C22H23N5O2/c1-14-6-8-17(9-7-14)27-13-15-10-20(21(29-2)11-19(15)26-27)25-22(28)18-5-3-4-16(12-23)24-18/h3-5,10-11,13-14,17H,6-9H2,1-2H3,(H,25,28)/t14-,17-. The Kier molecular flexibility index (Phi) is 5.17. The maximum Gasteiger partial charge on any atom is 0.274 e. The van der Waals surface area contributed by atoms with E-state index in [9.17, 15) is 4.79 Å². The second-order valence-corrected chi connectivity index (χ2v) is 7.61. The molecular formula is C22H23N5O2. The van der Waals surface area contributed by atoms with Gasteiger partial charge in [-0.05, 0) is 49.8 Å². The van der Waals surface area contributed by atoms with Crippen LogP contribution in [0.3, 0.4) is 0 Å². The van der Waals surface area contributed by atoms with Gasteiger partial charge in [0.2, 0.25) is 0 Å². The molecule has 148 valence electrons. The predicted molar refractivity (Wildman–Crippen MR) is 110 cm³/mol. The molecule has 0 atom stereocenters. The van der Waals surface area contributed by atoms with E-state index in [1.54, 1.807) is 25.3 Å². The van der Waals surface area contributed by atoms with Gasteiger partial charge in [0.25, 0.3) is 5.91 Å². The van der Waals surface area contributed by atoms with Gasteiger partial charge in [0, 0.05) is 17.6 Å². The number of fused-ring (bicyclic) bond motifs is 1. The van der Waals surface area contributed by atoms with Crippen LogP contribution >= 0.6 is 0 Å². The SMILES string of the molecule is COc1cc2nn([C@H]3CC[C@H](C)CC3)cc2cc1NC(=O)c1cccc(C#N)n1. The van der Waals surface area contributed by atoms with Gasteiger partial charge in [-0.25, -0.2) is 4.98 Å². The molecule has 1 amide bonds. The van der Waals surface area contributed by atoms with Crippen molar-refractivity contribution in [3.63, 3.8) is 0 Å². The lowest BCUT2D eigenvalue weighted by atomic mass is 9.87. The zero-order chi connectivity index (χ0) is 20.4. The molecule has 2 aromatic heterocycles. The summed E-state index contributed by atoms with van der Waals surface area (Å²) in [5.74, 6) is 0.921. The van der Waals surface area contributed by atoms with Crippen LogP contribution in [0.15, 0.2) is 36.5 Å². The van der Waals surface area contributed by atoms with Crippen molar-refractivity contribution in [1.82, 2.24) is 14.8 Å². The molecule has 1 saturated carbocycles. The summed E-state index contributed by atoms with van der Waals surface area (Å²) in [5.41, 5.74) is 1.76. The first kappa shape index (κ1) is 18.9. The molecule has 0 bridgehead atoms. The molecule has 7 nitrogen and oxygen atoms in total. The number of carbonyl (C=O) groups is 1. The van der Waals surface area contributed by atoms with Gasteiger partial charge in [-0.15, -0.1) is 0 Å². The number of amides is 1. The van der Waals surface area contributed by atoms with Crippen LogP contribution < -0.4 is 10.1 Å². The Morgan fingerprint density at radius 2 is 2.07 bits per heavy atom. The Balaban J connectivity index is 1.62. The minimum atomic E-state index is -0.395. The maximum atomic E-state index is 12.6. The lowest BCUT2D eigenvalue weighted by Gasteiger charge is -2.26. The fourth-order valence-electron chi connectivity index (χ4n) is 3.84.